The highest BCUT2D eigenvalue weighted by atomic mass is 32.1. The summed E-state index contributed by atoms with van der Waals surface area (Å²) in [5.41, 5.74) is 1.18. The van der Waals surface area contributed by atoms with Crippen LogP contribution in [0.2, 0.25) is 0 Å². The lowest BCUT2D eigenvalue weighted by molar-refractivity contribution is -0.137. The van der Waals surface area contributed by atoms with Crippen LogP contribution in [0, 0.1) is 0 Å². The summed E-state index contributed by atoms with van der Waals surface area (Å²) in [6.07, 6.45) is 0.926. The van der Waals surface area contributed by atoms with Gasteiger partial charge in [-0.2, -0.15) is 0 Å². The molecule has 2 heterocycles. The number of aryl methyl sites for hydroxylation is 2. The molecule has 0 spiro atoms. The van der Waals surface area contributed by atoms with Gasteiger partial charge in [-0.25, -0.2) is 4.68 Å². The van der Waals surface area contributed by atoms with E-state index in [0.717, 1.165) is 11.3 Å². The van der Waals surface area contributed by atoms with Gasteiger partial charge in [0.05, 0.1) is 17.8 Å². The molecule has 0 bridgehead atoms. The molecular weight excluding hydrogens is 240 g/mol. The highest BCUT2D eigenvalue weighted by Gasteiger charge is 2.14. The van der Waals surface area contributed by atoms with Crippen LogP contribution in [0.15, 0.2) is 11.4 Å². The molecule has 0 aliphatic rings. The maximum Gasteiger partial charge on any atom is 0.305 e. The lowest BCUT2D eigenvalue weighted by Gasteiger charge is -2.02. The molecule has 0 saturated carbocycles. The van der Waals surface area contributed by atoms with Crippen molar-refractivity contribution in [2.45, 2.75) is 26.3 Å². The molecule has 6 nitrogen and oxygen atoms in total. The molecule has 0 atom stereocenters. The van der Waals surface area contributed by atoms with E-state index in [2.05, 4.69) is 22.4 Å². The average Bonchev–Trinajstić information content (AvgIpc) is 2.93. The monoisotopic (exact) mass is 252 g/mol. The Labute approximate surface area is 102 Å². The van der Waals surface area contributed by atoms with Gasteiger partial charge in [-0.05, 0) is 33.9 Å². The number of aliphatic carboxylic acids is 1. The fourth-order valence-corrected chi connectivity index (χ4v) is 2.51. The van der Waals surface area contributed by atoms with Gasteiger partial charge in [0.2, 0.25) is 0 Å². The summed E-state index contributed by atoms with van der Waals surface area (Å²) in [4.78, 5) is 11.6. The van der Waals surface area contributed by atoms with Crippen LogP contribution >= 0.6 is 11.3 Å². The highest BCUT2D eigenvalue weighted by molar-refractivity contribution is 7.13. The lowest BCUT2D eigenvalue weighted by atomic mass is 10.2. The maximum absolute atomic E-state index is 10.5. The van der Waals surface area contributed by atoms with Crippen molar-refractivity contribution in [1.82, 2.24) is 20.2 Å². The van der Waals surface area contributed by atoms with E-state index in [1.165, 1.54) is 5.56 Å². The number of carbonyl (C=O) groups is 1. The quantitative estimate of drug-likeness (QED) is 0.870. The van der Waals surface area contributed by atoms with Crippen LogP contribution in [0.25, 0.3) is 10.7 Å². The second-order valence-electron chi connectivity index (χ2n) is 3.50. The number of aromatic nitrogens is 4. The van der Waals surface area contributed by atoms with Crippen LogP contribution in [-0.2, 0) is 17.8 Å². The van der Waals surface area contributed by atoms with E-state index in [9.17, 15) is 4.79 Å². The summed E-state index contributed by atoms with van der Waals surface area (Å²) in [6.45, 7) is 2.36. The first-order valence-electron chi connectivity index (χ1n) is 5.27. The van der Waals surface area contributed by atoms with Gasteiger partial charge in [0.25, 0.3) is 0 Å². The molecule has 0 amide bonds. The van der Waals surface area contributed by atoms with E-state index in [4.69, 9.17) is 5.11 Å². The van der Waals surface area contributed by atoms with Gasteiger partial charge < -0.3 is 5.11 Å². The third kappa shape index (κ3) is 2.50. The van der Waals surface area contributed by atoms with E-state index < -0.39 is 5.97 Å². The highest BCUT2D eigenvalue weighted by Crippen LogP contribution is 2.27. The Balaban J connectivity index is 2.27. The summed E-state index contributed by atoms with van der Waals surface area (Å²) in [5, 5.41) is 22.0. The van der Waals surface area contributed by atoms with Gasteiger partial charge in [-0.1, -0.05) is 6.92 Å². The smallest absolute Gasteiger partial charge is 0.305 e. The summed E-state index contributed by atoms with van der Waals surface area (Å²) in [6, 6.07) is 2.04. The number of hydrogen-bond donors (Lipinski definition) is 1. The molecule has 7 heteroatoms. The van der Waals surface area contributed by atoms with Crippen molar-refractivity contribution < 1.29 is 9.90 Å². The van der Waals surface area contributed by atoms with Crippen molar-refractivity contribution in [3.05, 3.63) is 17.0 Å². The number of rotatable bonds is 5. The molecule has 90 valence electrons. The summed E-state index contributed by atoms with van der Waals surface area (Å²) >= 11 is 1.57. The van der Waals surface area contributed by atoms with Crippen molar-refractivity contribution in [2.24, 2.45) is 0 Å². The number of thiophene rings is 1. The molecule has 0 radical (unpaired) electrons. The third-order valence-electron chi connectivity index (χ3n) is 2.40. The van der Waals surface area contributed by atoms with Gasteiger partial charge in [-0.3, -0.25) is 4.79 Å². The molecule has 0 fully saturated rings. The van der Waals surface area contributed by atoms with Crippen molar-refractivity contribution in [1.29, 1.82) is 0 Å². The van der Waals surface area contributed by atoms with Crippen LogP contribution in [-0.4, -0.2) is 31.3 Å². The van der Waals surface area contributed by atoms with Crippen LogP contribution < -0.4 is 0 Å². The minimum absolute atomic E-state index is 0.0187. The van der Waals surface area contributed by atoms with E-state index >= 15 is 0 Å². The Morgan fingerprint density at radius 2 is 2.41 bits per heavy atom. The number of tetrazole rings is 1. The van der Waals surface area contributed by atoms with Crippen LogP contribution in [0.1, 0.15) is 18.9 Å². The fourth-order valence-electron chi connectivity index (χ4n) is 1.53. The molecule has 2 rings (SSSR count). The molecule has 0 unspecified atom stereocenters. The predicted molar refractivity (Wildman–Crippen MR) is 62.8 cm³/mol. The number of carboxylic acid groups (broad SMARTS) is 1. The fraction of sp³-hybridized carbons (Fsp3) is 0.400. The average molecular weight is 252 g/mol. The molecule has 0 aromatic carbocycles. The minimum atomic E-state index is -0.853. The number of nitrogens with zero attached hydrogens (tertiary/aromatic N) is 4. The maximum atomic E-state index is 10.5. The Hall–Kier alpha value is -1.76. The molecular formula is C10H12N4O2S. The first-order valence-corrected chi connectivity index (χ1v) is 6.15. The first-order chi connectivity index (χ1) is 8.22. The largest absolute Gasteiger partial charge is 0.481 e. The lowest BCUT2D eigenvalue weighted by Crippen LogP contribution is -2.07. The van der Waals surface area contributed by atoms with Gasteiger partial charge in [0, 0.05) is 0 Å². The second-order valence-corrected chi connectivity index (χ2v) is 4.41. The van der Waals surface area contributed by atoms with E-state index in [1.807, 2.05) is 11.4 Å². The van der Waals surface area contributed by atoms with Gasteiger partial charge in [-0.15, -0.1) is 16.4 Å². The number of hydrogen-bond acceptors (Lipinski definition) is 5. The van der Waals surface area contributed by atoms with Crippen LogP contribution in [0.5, 0.6) is 0 Å². The molecule has 17 heavy (non-hydrogen) atoms. The summed E-state index contributed by atoms with van der Waals surface area (Å²) < 4.78 is 1.54. The molecule has 2 aromatic heterocycles. The minimum Gasteiger partial charge on any atom is -0.481 e. The zero-order chi connectivity index (χ0) is 12.3. The Kier molecular flexibility index (Phi) is 3.48. The van der Waals surface area contributed by atoms with Crippen LogP contribution in [0.3, 0.4) is 0 Å². The van der Waals surface area contributed by atoms with Crippen molar-refractivity contribution in [2.75, 3.05) is 0 Å². The van der Waals surface area contributed by atoms with Gasteiger partial charge in [0.1, 0.15) is 0 Å². The Morgan fingerprint density at radius 1 is 1.59 bits per heavy atom. The first kappa shape index (κ1) is 11.7. The Morgan fingerprint density at radius 3 is 3.12 bits per heavy atom. The normalized spacial score (nSPS) is 10.6. The Bertz CT molecular complexity index is 520. The zero-order valence-electron chi connectivity index (χ0n) is 9.33. The van der Waals surface area contributed by atoms with E-state index in [-0.39, 0.29) is 6.42 Å². The standard InChI is InChI=1S/C10H12N4O2S/c1-2-7-4-6-17-9(7)10-11-12-13-14(10)5-3-8(15)16/h4,6H,2-3,5H2,1H3,(H,15,16). The van der Waals surface area contributed by atoms with Crippen molar-refractivity contribution in [3.8, 4) is 10.7 Å². The van der Waals surface area contributed by atoms with E-state index in [0.29, 0.717) is 12.4 Å². The van der Waals surface area contributed by atoms with Crippen molar-refractivity contribution >= 4 is 17.3 Å². The topological polar surface area (TPSA) is 80.9 Å². The van der Waals surface area contributed by atoms with Crippen LogP contribution in [0.4, 0.5) is 0 Å². The molecule has 2 aromatic rings. The van der Waals surface area contributed by atoms with Gasteiger partial charge >= 0.3 is 5.97 Å². The summed E-state index contributed by atoms with van der Waals surface area (Å²) in [7, 11) is 0. The molecule has 0 saturated heterocycles. The van der Waals surface area contributed by atoms with Gasteiger partial charge in [0.15, 0.2) is 5.82 Å². The second kappa shape index (κ2) is 5.05. The molecule has 1 N–H and O–H groups in total. The zero-order valence-corrected chi connectivity index (χ0v) is 10.1. The third-order valence-corrected chi connectivity index (χ3v) is 3.35. The van der Waals surface area contributed by atoms with E-state index in [1.54, 1.807) is 16.0 Å². The van der Waals surface area contributed by atoms with Crippen molar-refractivity contribution in [3.63, 3.8) is 0 Å². The molecule has 0 aliphatic carbocycles. The predicted octanol–water partition coefficient (Wildman–Crippen LogP) is 1.44. The molecule has 0 aliphatic heterocycles. The number of carboxylic acids is 1. The summed E-state index contributed by atoms with van der Waals surface area (Å²) in [5.74, 6) is -0.202. The SMILES string of the molecule is CCc1ccsc1-c1nnnn1CCC(=O)O.